The van der Waals surface area contributed by atoms with Gasteiger partial charge in [0.2, 0.25) is 5.91 Å². The quantitative estimate of drug-likeness (QED) is 0.850. The first-order valence-corrected chi connectivity index (χ1v) is 6.02. The summed E-state index contributed by atoms with van der Waals surface area (Å²) in [6, 6.07) is 1.72. The van der Waals surface area contributed by atoms with Crippen LogP contribution in [0.25, 0.3) is 0 Å². The number of nitrogens with zero attached hydrogens (tertiary/aromatic N) is 1. The molecule has 1 amide bonds. The molecule has 0 aliphatic carbocycles. The average Bonchev–Trinajstić information content (AvgIpc) is 2.75. The van der Waals surface area contributed by atoms with Crippen LogP contribution in [0.1, 0.15) is 12.0 Å². The van der Waals surface area contributed by atoms with Gasteiger partial charge in [0.1, 0.15) is 17.7 Å². The van der Waals surface area contributed by atoms with Crippen molar-refractivity contribution in [2.24, 2.45) is 0 Å². The van der Waals surface area contributed by atoms with Gasteiger partial charge < -0.3 is 15.1 Å². The number of carbonyl (C=O) groups excluding carboxylic acids is 1. The highest BCUT2D eigenvalue weighted by molar-refractivity contribution is 5.85. The third-order valence-corrected chi connectivity index (χ3v) is 3.24. The molecule has 1 unspecified atom stereocenters. The Kier molecular flexibility index (Phi) is 3.99. The maximum atomic E-state index is 13.5. The normalized spacial score (nSPS) is 22.1. The lowest BCUT2D eigenvalue weighted by Gasteiger charge is -2.21. The fourth-order valence-electron chi connectivity index (χ4n) is 2.25. The molecule has 0 aromatic heterocycles. The Morgan fingerprint density at radius 2 is 2.05 bits per heavy atom. The van der Waals surface area contributed by atoms with Crippen LogP contribution in [0.5, 0.6) is 0 Å². The summed E-state index contributed by atoms with van der Waals surface area (Å²) in [6.07, 6.45) is -1.33. The Balaban J connectivity index is 2.13. The number of likely N-dealkylation sites (tertiary alicyclic amines) is 1. The SMILES string of the molecule is O=C(O)[C@@H]1CC(O)CN1C(=O)Cc1ccc(F)cc1F. The number of aliphatic hydroxyl groups is 1. The predicted octanol–water partition coefficient (Wildman–Crippen LogP) is 0.554. The van der Waals surface area contributed by atoms with Crippen LogP contribution in [-0.4, -0.2) is 45.7 Å². The van der Waals surface area contributed by atoms with Crippen molar-refractivity contribution < 1.29 is 28.6 Å². The second kappa shape index (κ2) is 5.54. The van der Waals surface area contributed by atoms with Gasteiger partial charge in [0.15, 0.2) is 0 Å². The minimum Gasteiger partial charge on any atom is -0.480 e. The van der Waals surface area contributed by atoms with Crippen molar-refractivity contribution in [3.63, 3.8) is 0 Å². The molecule has 1 fully saturated rings. The molecule has 7 heteroatoms. The van der Waals surface area contributed by atoms with Gasteiger partial charge in [0.05, 0.1) is 12.5 Å². The molecular formula is C13H13F2NO4. The van der Waals surface area contributed by atoms with E-state index in [4.69, 9.17) is 5.11 Å². The molecule has 1 heterocycles. The highest BCUT2D eigenvalue weighted by Gasteiger charge is 2.38. The summed E-state index contributed by atoms with van der Waals surface area (Å²) in [7, 11) is 0. The third-order valence-electron chi connectivity index (χ3n) is 3.24. The van der Waals surface area contributed by atoms with Gasteiger partial charge in [0.25, 0.3) is 0 Å². The van der Waals surface area contributed by atoms with E-state index in [1.54, 1.807) is 0 Å². The Morgan fingerprint density at radius 3 is 2.65 bits per heavy atom. The number of carboxylic acids is 1. The van der Waals surface area contributed by atoms with Crippen molar-refractivity contribution in [3.05, 3.63) is 35.4 Å². The first-order chi connectivity index (χ1) is 9.38. The summed E-state index contributed by atoms with van der Waals surface area (Å²) >= 11 is 0. The minimum absolute atomic E-state index is 0.0121. The van der Waals surface area contributed by atoms with Crippen molar-refractivity contribution >= 4 is 11.9 Å². The van der Waals surface area contributed by atoms with Gasteiger partial charge in [-0.3, -0.25) is 4.79 Å². The number of aliphatic hydroxyl groups excluding tert-OH is 1. The molecule has 2 rings (SSSR count). The lowest BCUT2D eigenvalue weighted by Crippen LogP contribution is -2.41. The van der Waals surface area contributed by atoms with Gasteiger partial charge in [-0.25, -0.2) is 13.6 Å². The van der Waals surface area contributed by atoms with Gasteiger partial charge in [-0.05, 0) is 11.6 Å². The van der Waals surface area contributed by atoms with Gasteiger partial charge in [-0.2, -0.15) is 0 Å². The molecule has 2 N–H and O–H groups in total. The molecule has 1 saturated heterocycles. The fraction of sp³-hybridized carbons (Fsp3) is 0.385. The highest BCUT2D eigenvalue weighted by atomic mass is 19.1. The molecule has 0 radical (unpaired) electrons. The number of hydrogen-bond acceptors (Lipinski definition) is 3. The number of halogens is 2. The molecular weight excluding hydrogens is 272 g/mol. The van der Waals surface area contributed by atoms with E-state index in [1.807, 2.05) is 0 Å². The number of β-amino-alcohol motifs (C(OH)–C–C–N with tert-alkyl or cyclic N) is 1. The number of rotatable bonds is 3. The van der Waals surface area contributed by atoms with Crippen LogP contribution in [0.3, 0.4) is 0 Å². The Labute approximate surface area is 113 Å². The van der Waals surface area contributed by atoms with Crippen LogP contribution in [0.15, 0.2) is 18.2 Å². The topological polar surface area (TPSA) is 77.8 Å². The smallest absolute Gasteiger partial charge is 0.326 e. The van der Waals surface area contributed by atoms with E-state index in [-0.39, 0.29) is 24.9 Å². The Bertz CT molecular complexity index is 549. The molecule has 0 spiro atoms. The van der Waals surface area contributed by atoms with Crippen LogP contribution in [0.2, 0.25) is 0 Å². The van der Waals surface area contributed by atoms with Crippen LogP contribution >= 0.6 is 0 Å². The van der Waals surface area contributed by atoms with E-state index in [9.17, 15) is 23.5 Å². The van der Waals surface area contributed by atoms with Crippen molar-refractivity contribution in [2.75, 3.05) is 6.54 Å². The Morgan fingerprint density at radius 1 is 1.35 bits per heavy atom. The van der Waals surface area contributed by atoms with Crippen LogP contribution < -0.4 is 0 Å². The van der Waals surface area contributed by atoms with E-state index >= 15 is 0 Å². The average molecular weight is 285 g/mol. The molecule has 20 heavy (non-hydrogen) atoms. The molecule has 108 valence electrons. The first kappa shape index (κ1) is 14.4. The molecule has 0 bridgehead atoms. The number of benzene rings is 1. The number of hydrogen-bond donors (Lipinski definition) is 2. The Hall–Kier alpha value is -2.02. The van der Waals surface area contributed by atoms with E-state index in [0.29, 0.717) is 6.07 Å². The first-order valence-electron chi connectivity index (χ1n) is 6.02. The van der Waals surface area contributed by atoms with Gasteiger partial charge in [-0.1, -0.05) is 6.07 Å². The second-order valence-electron chi connectivity index (χ2n) is 4.70. The predicted molar refractivity (Wildman–Crippen MR) is 63.8 cm³/mol. The van der Waals surface area contributed by atoms with Gasteiger partial charge in [0, 0.05) is 19.0 Å². The standard InChI is InChI=1S/C13H13F2NO4/c14-8-2-1-7(10(15)4-8)3-12(18)16-6-9(17)5-11(16)13(19)20/h1-2,4,9,11,17H,3,5-6H2,(H,19,20)/t9?,11-/m0/s1. The maximum Gasteiger partial charge on any atom is 0.326 e. The maximum absolute atomic E-state index is 13.5. The third kappa shape index (κ3) is 2.93. The molecule has 1 aromatic carbocycles. The summed E-state index contributed by atoms with van der Waals surface area (Å²) in [5.74, 6) is -3.43. The van der Waals surface area contributed by atoms with Crippen molar-refractivity contribution in [1.82, 2.24) is 4.90 Å². The minimum atomic E-state index is -1.21. The van der Waals surface area contributed by atoms with Crippen molar-refractivity contribution in [3.8, 4) is 0 Å². The molecule has 1 aliphatic rings. The number of carboxylic acid groups (broad SMARTS) is 1. The van der Waals surface area contributed by atoms with Crippen LogP contribution in [0.4, 0.5) is 8.78 Å². The number of amides is 1. The molecule has 5 nitrogen and oxygen atoms in total. The summed E-state index contributed by atoms with van der Waals surface area (Å²) in [5, 5.41) is 18.4. The van der Waals surface area contributed by atoms with Gasteiger partial charge >= 0.3 is 5.97 Å². The molecule has 2 atom stereocenters. The van der Waals surface area contributed by atoms with Crippen LogP contribution in [-0.2, 0) is 16.0 Å². The van der Waals surface area contributed by atoms with Gasteiger partial charge in [-0.15, -0.1) is 0 Å². The number of carbonyl (C=O) groups is 2. The molecule has 0 saturated carbocycles. The molecule has 1 aliphatic heterocycles. The zero-order valence-electron chi connectivity index (χ0n) is 10.4. The van der Waals surface area contributed by atoms with Crippen molar-refractivity contribution in [1.29, 1.82) is 0 Å². The van der Waals surface area contributed by atoms with Crippen LogP contribution in [0, 0.1) is 11.6 Å². The summed E-state index contributed by atoms with van der Waals surface area (Å²) in [5.41, 5.74) is -0.0121. The van der Waals surface area contributed by atoms with E-state index in [0.717, 1.165) is 17.0 Å². The summed E-state index contributed by atoms with van der Waals surface area (Å²) in [6.45, 7) is -0.0986. The van der Waals surface area contributed by atoms with E-state index in [2.05, 4.69) is 0 Å². The largest absolute Gasteiger partial charge is 0.480 e. The van der Waals surface area contributed by atoms with E-state index < -0.39 is 35.7 Å². The lowest BCUT2D eigenvalue weighted by atomic mass is 10.1. The lowest BCUT2D eigenvalue weighted by molar-refractivity contribution is -0.148. The molecule has 1 aromatic rings. The summed E-state index contributed by atoms with van der Waals surface area (Å²) < 4.78 is 26.2. The van der Waals surface area contributed by atoms with Crippen molar-refractivity contribution in [2.45, 2.75) is 25.0 Å². The number of aliphatic carboxylic acids is 1. The van der Waals surface area contributed by atoms with E-state index in [1.165, 1.54) is 0 Å². The zero-order valence-corrected chi connectivity index (χ0v) is 10.4. The zero-order chi connectivity index (χ0) is 14.9. The second-order valence-corrected chi connectivity index (χ2v) is 4.70. The monoisotopic (exact) mass is 285 g/mol. The summed E-state index contributed by atoms with van der Waals surface area (Å²) in [4.78, 5) is 24.0. The fourth-order valence-corrected chi connectivity index (χ4v) is 2.25. The highest BCUT2D eigenvalue weighted by Crippen LogP contribution is 2.20.